The van der Waals surface area contributed by atoms with E-state index >= 15 is 0 Å². The molecule has 0 radical (unpaired) electrons. The maximum Gasteiger partial charge on any atom is 0.328 e. The molecule has 4 N–H and O–H groups in total. The number of aromatic amines is 1. The molecule has 0 bridgehead atoms. The van der Waals surface area contributed by atoms with Crippen molar-refractivity contribution in [1.29, 1.82) is 0 Å². The van der Waals surface area contributed by atoms with Crippen molar-refractivity contribution in [2.24, 2.45) is 5.92 Å². The molecule has 22 heavy (non-hydrogen) atoms. The number of aromatic nitrogens is 2. The highest BCUT2D eigenvalue weighted by atomic mass is 16.6. The zero-order valence-electron chi connectivity index (χ0n) is 12.0. The third kappa shape index (κ3) is 2.63. The number of nitrogens with one attached hydrogen (secondary N) is 1. The van der Waals surface area contributed by atoms with Gasteiger partial charge in [-0.15, -0.1) is 0 Å². The van der Waals surface area contributed by atoms with Crippen molar-refractivity contribution in [3.05, 3.63) is 32.6 Å². The molecule has 0 aromatic carbocycles. The van der Waals surface area contributed by atoms with Crippen LogP contribution in [0.1, 0.15) is 30.9 Å². The summed E-state index contributed by atoms with van der Waals surface area (Å²) in [6.45, 7) is 0.0474. The zero-order valence-corrected chi connectivity index (χ0v) is 12.0. The maximum atomic E-state index is 12.0. The van der Waals surface area contributed by atoms with Gasteiger partial charge in [0.1, 0.15) is 24.4 Å². The summed E-state index contributed by atoms with van der Waals surface area (Å²) in [7, 11) is 0. The summed E-state index contributed by atoms with van der Waals surface area (Å²) in [6.07, 6.45) is 0.0122. The fourth-order valence-corrected chi connectivity index (χ4v) is 2.97. The van der Waals surface area contributed by atoms with Gasteiger partial charge in [-0.05, 0) is 18.8 Å². The number of nitrogens with zero attached hydrogens (tertiary/aromatic N) is 1. The Hall–Kier alpha value is -1.48. The summed E-state index contributed by atoms with van der Waals surface area (Å²) in [6, 6.07) is 0. The second-order valence-corrected chi connectivity index (χ2v) is 6.05. The molecule has 8 heteroatoms. The predicted molar refractivity (Wildman–Crippen MR) is 75.4 cm³/mol. The number of H-pyrrole nitrogens is 1. The summed E-state index contributed by atoms with van der Waals surface area (Å²) in [4.78, 5) is 26.1. The van der Waals surface area contributed by atoms with Crippen LogP contribution in [0.3, 0.4) is 0 Å². The van der Waals surface area contributed by atoms with Crippen LogP contribution in [0.2, 0.25) is 0 Å². The Labute approximate surface area is 126 Å². The van der Waals surface area contributed by atoms with Gasteiger partial charge in [0, 0.05) is 12.7 Å². The lowest BCUT2D eigenvalue weighted by Gasteiger charge is -2.26. The van der Waals surface area contributed by atoms with E-state index < -0.39 is 42.3 Å². The van der Waals surface area contributed by atoms with Gasteiger partial charge in [-0.3, -0.25) is 14.3 Å². The minimum Gasteiger partial charge on any atom is -0.394 e. The van der Waals surface area contributed by atoms with E-state index in [1.54, 1.807) is 0 Å². The van der Waals surface area contributed by atoms with Crippen molar-refractivity contribution < 1.29 is 20.1 Å². The van der Waals surface area contributed by atoms with Gasteiger partial charge >= 0.3 is 5.69 Å². The minimum atomic E-state index is -1.33. The van der Waals surface area contributed by atoms with E-state index in [1.165, 1.54) is 10.8 Å². The monoisotopic (exact) mass is 312 g/mol. The Morgan fingerprint density at radius 2 is 2.00 bits per heavy atom. The molecule has 3 rings (SSSR count). The zero-order chi connectivity index (χ0) is 15.9. The highest BCUT2D eigenvalue weighted by Gasteiger charge is 2.44. The van der Waals surface area contributed by atoms with E-state index in [9.17, 15) is 19.8 Å². The average molecular weight is 312 g/mol. The Bertz CT molecular complexity index is 649. The quantitative estimate of drug-likeness (QED) is 0.536. The number of hydrogen-bond acceptors (Lipinski definition) is 6. The first kappa shape index (κ1) is 15.4. The Morgan fingerprint density at radius 1 is 1.27 bits per heavy atom. The van der Waals surface area contributed by atoms with Crippen LogP contribution in [-0.4, -0.2) is 49.8 Å². The van der Waals surface area contributed by atoms with Crippen molar-refractivity contribution >= 4 is 0 Å². The maximum absolute atomic E-state index is 12.0. The topological polar surface area (TPSA) is 125 Å². The number of rotatable bonds is 4. The molecule has 2 heterocycles. The number of aliphatic hydroxyl groups is 3. The normalized spacial score (nSPS) is 32.1. The molecule has 4 atom stereocenters. The summed E-state index contributed by atoms with van der Waals surface area (Å²) >= 11 is 0. The molecule has 1 saturated heterocycles. The SMILES string of the molecule is O=c1[nH]c(=O)n(CC2CCC2)cc1[C@@H]1O[C@H](CO)[C@@H](O)[C@H]1O. The molecule has 2 aliphatic rings. The minimum absolute atomic E-state index is 0.0847. The Morgan fingerprint density at radius 3 is 2.55 bits per heavy atom. The molecule has 1 aromatic rings. The van der Waals surface area contributed by atoms with Crippen LogP contribution in [0.15, 0.2) is 15.8 Å². The van der Waals surface area contributed by atoms with Crippen LogP contribution < -0.4 is 11.2 Å². The van der Waals surface area contributed by atoms with Crippen molar-refractivity contribution in [2.45, 2.75) is 50.2 Å². The van der Waals surface area contributed by atoms with E-state index in [0.29, 0.717) is 12.5 Å². The fraction of sp³-hybridized carbons (Fsp3) is 0.714. The van der Waals surface area contributed by atoms with E-state index in [4.69, 9.17) is 9.84 Å². The summed E-state index contributed by atoms with van der Waals surface area (Å²) in [5.74, 6) is 0.418. The van der Waals surface area contributed by atoms with Crippen LogP contribution in [0.25, 0.3) is 0 Å². The predicted octanol–water partition coefficient (Wildman–Crippen LogP) is -1.51. The van der Waals surface area contributed by atoms with Gasteiger partial charge in [0.15, 0.2) is 0 Å². The molecule has 8 nitrogen and oxygen atoms in total. The third-order valence-electron chi connectivity index (χ3n) is 4.57. The first-order valence-corrected chi connectivity index (χ1v) is 7.47. The van der Waals surface area contributed by atoms with Gasteiger partial charge in [-0.2, -0.15) is 0 Å². The summed E-state index contributed by atoms with van der Waals surface area (Å²) < 4.78 is 6.77. The van der Waals surface area contributed by atoms with E-state index in [1.807, 2.05) is 0 Å². The third-order valence-corrected chi connectivity index (χ3v) is 4.57. The summed E-state index contributed by atoms with van der Waals surface area (Å²) in [5.41, 5.74) is -1.06. The van der Waals surface area contributed by atoms with E-state index in [-0.39, 0.29) is 5.56 Å². The molecule has 122 valence electrons. The lowest BCUT2D eigenvalue weighted by Crippen LogP contribution is -2.37. The van der Waals surface area contributed by atoms with Crippen molar-refractivity contribution in [3.63, 3.8) is 0 Å². The molecule has 0 spiro atoms. The highest BCUT2D eigenvalue weighted by molar-refractivity contribution is 5.14. The van der Waals surface area contributed by atoms with Crippen LogP contribution >= 0.6 is 0 Å². The van der Waals surface area contributed by atoms with Gasteiger partial charge in [-0.25, -0.2) is 4.79 Å². The smallest absolute Gasteiger partial charge is 0.328 e. The van der Waals surface area contributed by atoms with Crippen LogP contribution in [0, 0.1) is 5.92 Å². The largest absolute Gasteiger partial charge is 0.394 e. The van der Waals surface area contributed by atoms with E-state index in [2.05, 4.69) is 4.98 Å². The molecule has 1 aromatic heterocycles. The number of hydrogen-bond donors (Lipinski definition) is 4. The number of ether oxygens (including phenoxy) is 1. The molecule has 1 saturated carbocycles. The molecular weight excluding hydrogens is 292 g/mol. The first-order chi connectivity index (χ1) is 10.5. The highest BCUT2D eigenvalue weighted by Crippen LogP contribution is 2.32. The average Bonchev–Trinajstić information content (AvgIpc) is 2.72. The molecular formula is C14H20N2O6. The van der Waals surface area contributed by atoms with Gasteiger partial charge < -0.3 is 20.1 Å². The first-order valence-electron chi connectivity index (χ1n) is 7.47. The molecule has 0 amide bonds. The Balaban J connectivity index is 1.91. The fourth-order valence-electron chi connectivity index (χ4n) is 2.97. The van der Waals surface area contributed by atoms with Crippen LogP contribution in [-0.2, 0) is 11.3 Å². The van der Waals surface area contributed by atoms with Crippen molar-refractivity contribution in [1.82, 2.24) is 9.55 Å². The number of aliphatic hydroxyl groups excluding tert-OH is 3. The van der Waals surface area contributed by atoms with Crippen molar-refractivity contribution in [2.75, 3.05) is 6.61 Å². The molecule has 1 aliphatic heterocycles. The molecule has 2 fully saturated rings. The van der Waals surface area contributed by atoms with Gasteiger partial charge in [-0.1, -0.05) is 6.42 Å². The second kappa shape index (κ2) is 5.96. The van der Waals surface area contributed by atoms with Gasteiger partial charge in [0.25, 0.3) is 5.56 Å². The second-order valence-electron chi connectivity index (χ2n) is 6.05. The van der Waals surface area contributed by atoms with Crippen molar-refractivity contribution in [3.8, 4) is 0 Å². The lowest BCUT2D eigenvalue weighted by molar-refractivity contribution is -0.0233. The standard InChI is InChI=1S/C14H20N2O6/c17-6-9-10(18)11(19)12(22-9)8-5-16(4-7-2-1-3-7)14(21)15-13(8)20/h5,7,9-12,17-19H,1-4,6H2,(H,15,20,21)/t9-,10-,11-,12+/m1/s1. The van der Waals surface area contributed by atoms with Crippen LogP contribution in [0.5, 0.6) is 0 Å². The van der Waals surface area contributed by atoms with Gasteiger partial charge in [0.05, 0.1) is 12.2 Å². The summed E-state index contributed by atoms with van der Waals surface area (Å²) in [5, 5.41) is 28.9. The van der Waals surface area contributed by atoms with E-state index in [0.717, 1.165) is 19.3 Å². The lowest BCUT2D eigenvalue weighted by atomic mass is 9.85. The van der Waals surface area contributed by atoms with Gasteiger partial charge in [0.2, 0.25) is 0 Å². The van der Waals surface area contributed by atoms with Crippen LogP contribution in [0.4, 0.5) is 0 Å². The molecule has 1 aliphatic carbocycles. The molecule has 0 unspecified atom stereocenters. The Kier molecular flexibility index (Phi) is 4.18.